The maximum Gasteiger partial charge on any atom is 0.243 e. The summed E-state index contributed by atoms with van der Waals surface area (Å²) in [5.41, 5.74) is 4.91. The van der Waals surface area contributed by atoms with E-state index in [1.54, 1.807) is 22.5 Å². The lowest BCUT2D eigenvalue weighted by Crippen LogP contribution is -2.45. The van der Waals surface area contributed by atoms with E-state index in [-0.39, 0.29) is 11.4 Å². The summed E-state index contributed by atoms with van der Waals surface area (Å²) in [7, 11) is -3.78. The number of benzene rings is 4. The molecule has 0 saturated carbocycles. The number of rotatable bonds is 11. The first-order valence-corrected chi connectivity index (χ1v) is 17.5. The van der Waals surface area contributed by atoms with E-state index in [1.165, 1.54) is 42.6 Å². The molecule has 6 nitrogen and oxygen atoms in total. The summed E-state index contributed by atoms with van der Waals surface area (Å²) in [6.45, 7) is 10.5. The van der Waals surface area contributed by atoms with Gasteiger partial charge in [-0.3, -0.25) is 0 Å². The van der Waals surface area contributed by atoms with E-state index in [0.717, 1.165) is 46.8 Å². The van der Waals surface area contributed by atoms with Gasteiger partial charge in [-0.05, 0) is 68.0 Å². The standard InChI is InChI=1S/C36H42ClN2O4S/c1-27-20-28(2)22-30(21-27)26-39(16-5-6-17-39)15-4-3-14-38(25-29-10-13-35-36(23-29)43-19-18-42-35)44(40,41)32-11-12-33-31(24-32)8-7-9-34(33)37/h7-13,20-24H,3-6,14-19,25-26H2,1-2H3/q+1. The van der Waals surface area contributed by atoms with Gasteiger partial charge >= 0.3 is 0 Å². The smallest absolute Gasteiger partial charge is 0.243 e. The molecule has 0 radical (unpaired) electrons. The Labute approximate surface area is 266 Å². The van der Waals surface area contributed by atoms with Crippen molar-refractivity contribution in [3.63, 3.8) is 0 Å². The number of aryl methyl sites for hydroxylation is 2. The van der Waals surface area contributed by atoms with Crippen molar-refractivity contribution in [2.45, 2.75) is 57.5 Å². The number of fused-ring (bicyclic) bond motifs is 2. The van der Waals surface area contributed by atoms with Crippen LogP contribution < -0.4 is 9.47 Å². The van der Waals surface area contributed by atoms with Gasteiger partial charge in [0.2, 0.25) is 10.0 Å². The number of unbranched alkanes of at least 4 members (excludes halogenated alkanes) is 1. The van der Waals surface area contributed by atoms with Crippen LogP contribution in [0.3, 0.4) is 0 Å². The Kier molecular flexibility index (Phi) is 9.20. The van der Waals surface area contributed by atoms with E-state index in [9.17, 15) is 8.42 Å². The Morgan fingerprint density at radius 2 is 1.57 bits per heavy atom. The summed E-state index contributed by atoms with van der Waals surface area (Å²) in [5, 5.41) is 2.26. The fourth-order valence-corrected chi connectivity index (χ4v) is 8.70. The maximum absolute atomic E-state index is 14.2. The molecule has 44 heavy (non-hydrogen) atoms. The van der Waals surface area contributed by atoms with E-state index in [1.807, 2.05) is 36.4 Å². The van der Waals surface area contributed by atoms with Crippen molar-refractivity contribution in [3.8, 4) is 11.5 Å². The molecule has 6 rings (SSSR count). The number of ether oxygens (including phenoxy) is 2. The highest BCUT2D eigenvalue weighted by molar-refractivity contribution is 7.89. The molecule has 1 saturated heterocycles. The number of quaternary nitrogens is 1. The van der Waals surface area contributed by atoms with E-state index in [4.69, 9.17) is 21.1 Å². The predicted molar refractivity (Wildman–Crippen MR) is 177 cm³/mol. The minimum absolute atomic E-state index is 0.259. The lowest BCUT2D eigenvalue weighted by molar-refractivity contribution is -0.929. The summed E-state index contributed by atoms with van der Waals surface area (Å²) >= 11 is 6.38. The van der Waals surface area contributed by atoms with Crippen molar-refractivity contribution < 1.29 is 22.4 Å². The Hall–Kier alpha value is -3.10. The lowest BCUT2D eigenvalue weighted by Gasteiger charge is -2.35. The highest BCUT2D eigenvalue weighted by Gasteiger charge is 2.32. The van der Waals surface area contributed by atoms with Gasteiger partial charge in [0, 0.05) is 41.9 Å². The van der Waals surface area contributed by atoms with Crippen molar-refractivity contribution in [1.82, 2.24) is 4.31 Å². The van der Waals surface area contributed by atoms with Crippen LogP contribution in [0.15, 0.2) is 77.7 Å². The number of nitrogens with zero attached hydrogens (tertiary/aromatic N) is 2. The van der Waals surface area contributed by atoms with Gasteiger partial charge < -0.3 is 14.0 Å². The van der Waals surface area contributed by atoms with Crippen LogP contribution in [0.5, 0.6) is 11.5 Å². The van der Waals surface area contributed by atoms with Gasteiger partial charge in [0.15, 0.2) is 11.5 Å². The molecule has 0 aliphatic carbocycles. The van der Waals surface area contributed by atoms with E-state index >= 15 is 0 Å². The molecule has 2 heterocycles. The van der Waals surface area contributed by atoms with Crippen LogP contribution in [0.2, 0.25) is 5.02 Å². The fraction of sp³-hybridized carbons (Fsp3) is 0.389. The third-order valence-corrected chi connectivity index (χ3v) is 11.2. The van der Waals surface area contributed by atoms with Crippen LogP contribution >= 0.6 is 11.6 Å². The van der Waals surface area contributed by atoms with Gasteiger partial charge in [-0.2, -0.15) is 4.31 Å². The predicted octanol–water partition coefficient (Wildman–Crippen LogP) is 7.66. The second-order valence-electron chi connectivity index (χ2n) is 12.5. The van der Waals surface area contributed by atoms with Crippen LogP contribution in [0.25, 0.3) is 10.8 Å². The van der Waals surface area contributed by atoms with Crippen LogP contribution in [-0.4, -0.2) is 56.6 Å². The quantitative estimate of drug-likeness (QED) is 0.126. The van der Waals surface area contributed by atoms with Crippen molar-refractivity contribution in [2.75, 3.05) is 39.4 Å². The molecule has 0 bridgehead atoms. The molecule has 8 heteroatoms. The molecule has 0 amide bonds. The summed E-state index contributed by atoms with van der Waals surface area (Å²) < 4.78 is 42.6. The summed E-state index contributed by atoms with van der Waals surface area (Å²) in [4.78, 5) is 0.280. The second-order valence-corrected chi connectivity index (χ2v) is 14.9. The number of hydrogen-bond donors (Lipinski definition) is 0. The SMILES string of the molecule is Cc1cc(C)cc(C[N+]2(CCCCN(Cc3ccc4c(c3)OCCO4)S(=O)(=O)c3ccc4c(Cl)cccc4c3)CCCC2)c1. The molecule has 4 aromatic carbocycles. The lowest BCUT2D eigenvalue weighted by atomic mass is 10.1. The first-order chi connectivity index (χ1) is 21.2. The Morgan fingerprint density at radius 3 is 2.34 bits per heavy atom. The molecule has 0 N–H and O–H groups in total. The zero-order valence-electron chi connectivity index (χ0n) is 25.7. The van der Waals surface area contributed by atoms with Crippen LogP contribution in [0.1, 0.15) is 47.9 Å². The van der Waals surface area contributed by atoms with Crippen LogP contribution in [0.4, 0.5) is 0 Å². The molecular formula is C36H42ClN2O4S+. The Balaban J connectivity index is 1.21. The molecule has 232 valence electrons. The van der Waals surface area contributed by atoms with E-state index < -0.39 is 10.0 Å². The summed E-state index contributed by atoms with van der Waals surface area (Å²) in [5.74, 6) is 1.36. The van der Waals surface area contributed by atoms with Gasteiger partial charge in [-0.1, -0.05) is 65.2 Å². The average Bonchev–Trinajstić information content (AvgIpc) is 3.46. The van der Waals surface area contributed by atoms with E-state index in [0.29, 0.717) is 36.3 Å². The van der Waals surface area contributed by atoms with Crippen molar-refractivity contribution in [2.24, 2.45) is 0 Å². The highest BCUT2D eigenvalue weighted by Crippen LogP contribution is 2.33. The summed E-state index contributed by atoms with van der Waals surface area (Å²) in [6.07, 6.45) is 4.25. The second kappa shape index (κ2) is 13.1. The summed E-state index contributed by atoms with van der Waals surface area (Å²) in [6, 6.07) is 23.4. The number of likely N-dealkylation sites (tertiary alicyclic amines) is 1. The molecule has 0 aromatic heterocycles. The Morgan fingerprint density at radius 1 is 0.818 bits per heavy atom. The molecule has 0 spiro atoms. The topological polar surface area (TPSA) is 55.8 Å². The fourth-order valence-electron chi connectivity index (χ4n) is 6.96. The molecule has 0 atom stereocenters. The Bertz CT molecular complexity index is 1730. The number of halogens is 1. The molecule has 2 aliphatic rings. The van der Waals surface area contributed by atoms with Gasteiger partial charge in [0.05, 0.1) is 24.5 Å². The van der Waals surface area contributed by atoms with Crippen molar-refractivity contribution in [1.29, 1.82) is 0 Å². The zero-order chi connectivity index (χ0) is 30.7. The zero-order valence-corrected chi connectivity index (χ0v) is 27.3. The third-order valence-electron chi connectivity index (χ3n) is 9.01. The van der Waals surface area contributed by atoms with Gasteiger partial charge in [0.25, 0.3) is 0 Å². The molecule has 4 aromatic rings. The monoisotopic (exact) mass is 633 g/mol. The molecule has 2 aliphatic heterocycles. The molecule has 1 fully saturated rings. The molecular weight excluding hydrogens is 592 g/mol. The van der Waals surface area contributed by atoms with Crippen molar-refractivity contribution in [3.05, 3.63) is 100 Å². The number of hydrogen-bond acceptors (Lipinski definition) is 4. The normalized spacial score (nSPS) is 16.1. The largest absolute Gasteiger partial charge is 0.486 e. The van der Waals surface area contributed by atoms with Gasteiger partial charge in [0.1, 0.15) is 19.8 Å². The highest BCUT2D eigenvalue weighted by atomic mass is 35.5. The average molecular weight is 634 g/mol. The van der Waals surface area contributed by atoms with Crippen molar-refractivity contribution >= 4 is 32.4 Å². The minimum Gasteiger partial charge on any atom is -0.486 e. The van der Waals surface area contributed by atoms with Gasteiger partial charge in [-0.25, -0.2) is 8.42 Å². The minimum atomic E-state index is -3.78. The third kappa shape index (κ3) is 6.91. The van der Waals surface area contributed by atoms with Crippen LogP contribution in [-0.2, 0) is 23.1 Å². The number of sulfonamides is 1. The maximum atomic E-state index is 14.2. The molecule has 0 unspecified atom stereocenters. The van der Waals surface area contributed by atoms with E-state index in [2.05, 4.69) is 32.0 Å². The van der Waals surface area contributed by atoms with Gasteiger partial charge in [-0.15, -0.1) is 0 Å². The van der Waals surface area contributed by atoms with Crippen LogP contribution in [0, 0.1) is 13.8 Å². The first-order valence-electron chi connectivity index (χ1n) is 15.7. The first kappa shape index (κ1) is 30.9.